The van der Waals surface area contributed by atoms with Crippen molar-refractivity contribution in [3.8, 4) is 5.75 Å². The van der Waals surface area contributed by atoms with E-state index in [0.717, 1.165) is 0 Å². The summed E-state index contributed by atoms with van der Waals surface area (Å²) in [5.74, 6) is -0.588. The molecule has 58 valence electrons. The molecule has 0 heterocycles. The maximum Gasteiger partial charge on any atom is 0.250 e. The lowest BCUT2D eigenvalue weighted by atomic mass is 10.2. The Kier molecular flexibility index (Phi) is 2.01. The minimum Gasteiger partial charge on any atom is -0.508 e. The number of halogens is 1. The number of hydrogen-bond acceptors (Lipinski definition) is 2. The van der Waals surface area contributed by atoms with Crippen LogP contribution in [0.4, 0.5) is 0 Å². The van der Waals surface area contributed by atoms with Gasteiger partial charge in [0.25, 0.3) is 0 Å². The van der Waals surface area contributed by atoms with E-state index in [2.05, 4.69) is 0 Å². The summed E-state index contributed by atoms with van der Waals surface area (Å²) < 4.78 is 0. The van der Waals surface area contributed by atoms with Gasteiger partial charge < -0.3 is 10.8 Å². The molecule has 1 aromatic carbocycles. The first-order chi connectivity index (χ1) is 5.11. The summed E-state index contributed by atoms with van der Waals surface area (Å²) in [5.41, 5.74) is 5.17. The Morgan fingerprint density at radius 1 is 1.55 bits per heavy atom. The summed E-state index contributed by atoms with van der Waals surface area (Å²) in [7, 11) is 0. The number of primary amides is 1. The highest BCUT2D eigenvalue weighted by atomic mass is 35.5. The number of amides is 1. The van der Waals surface area contributed by atoms with Crippen LogP contribution >= 0.6 is 11.6 Å². The molecule has 0 saturated carbocycles. The van der Waals surface area contributed by atoms with Gasteiger partial charge in [-0.05, 0) is 18.2 Å². The van der Waals surface area contributed by atoms with Crippen LogP contribution in [0.15, 0.2) is 18.2 Å². The van der Waals surface area contributed by atoms with E-state index in [1.54, 1.807) is 0 Å². The second kappa shape index (κ2) is 2.80. The molecule has 0 saturated heterocycles. The molecule has 1 amide bonds. The Labute approximate surface area is 68.4 Å². The SMILES string of the molecule is NC(=O)c1ccc(O)cc1Cl. The molecule has 0 atom stereocenters. The molecule has 0 aliphatic rings. The van der Waals surface area contributed by atoms with Crippen molar-refractivity contribution in [2.24, 2.45) is 5.73 Å². The first-order valence-electron chi connectivity index (χ1n) is 2.89. The number of hydrogen-bond donors (Lipinski definition) is 2. The lowest BCUT2D eigenvalue weighted by molar-refractivity contribution is 0.100. The standard InChI is InChI=1S/C7H6ClNO2/c8-6-3-4(10)1-2-5(6)7(9)11/h1-3,10H,(H2,9,11). The second-order valence-electron chi connectivity index (χ2n) is 2.03. The van der Waals surface area contributed by atoms with Gasteiger partial charge >= 0.3 is 0 Å². The van der Waals surface area contributed by atoms with Crippen LogP contribution in [0.1, 0.15) is 10.4 Å². The monoisotopic (exact) mass is 171 g/mol. The van der Waals surface area contributed by atoms with Crippen LogP contribution in [0.2, 0.25) is 5.02 Å². The largest absolute Gasteiger partial charge is 0.508 e. The first-order valence-corrected chi connectivity index (χ1v) is 3.27. The zero-order chi connectivity index (χ0) is 8.43. The Balaban J connectivity index is 3.20. The first kappa shape index (κ1) is 7.88. The Morgan fingerprint density at radius 3 is 2.64 bits per heavy atom. The number of aromatic hydroxyl groups is 1. The van der Waals surface area contributed by atoms with Crippen LogP contribution in [0.3, 0.4) is 0 Å². The van der Waals surface area contributed by atoms with Gasteiger partial charge in [-0.1, -0.05) is 11.6 Å². The van der Waals surface area contributed by atoms with E-state index in [-0.39, 0.29) is 16.3 Å². The van der Waals surface area contributed by atoms with E-state index >= 15 is 0 Å². The predicted octanol–water partition coefficient (Wildman–Crippen LogP) is 1.14. The summed E-state index contributed by atoms with van der Waals surface area (Å²) in [4.78, 5) is 10.6. The van der Waals surface area contributed by atoms with Crippen LogP contribution in [0.5, 0.6) is 5.75 Å². The third kappa shape index (κ3) is 1.62. The fourth-order valence-electron chi connectivity index (χ4n) is 0.704. The van der Waals surface area contributed by atoms with E-state index in [1.807, 2.05) is 0 Å². The van der Waals surface area contributed by atoms with Crippen LogP contribution in [-0.4, -0.2) is 11.0 Å². The quantitative estimate of drug-likeness (QED) is 0.666. The van der Waals surface area contributed by atoms with Crippen LogP contribution in [0, 0.1) is 0 Å². The summed E-state index contributed by atoms with van der Waals surface area (Å²) in [5, 5.41) is 9.05. The number of phenolic OH excluding ortho intramolecular Hbond substituents is 1. The number of nitrogens with two attached hydrogens (primary N) is 1. The molecule has 4 heteroatoms. The van der Waals surface area contributed by atoms with E-state index in [0.29, 0.717) is 0 Å². The minimum absolute atomic E-state index is 0.0139. The summed E-state index contributed by atoms with van der Waals surface area (Å²) >= 11 is 5.56. The van der Waals surface area contributed by atoms with Crippen molar-refractivity contribution in [2.45, 2.75) is 0 Å². The average Bonchev–Trinajstić information content (AvgIpc) is 1.85. The molecule has 0 unspecified atom stereocenters. The number of carbonyl (C=O) groups is 1. The van der Waals surface area contributed by atoms with E-state index < -0.39 is 5.91 Å². The topological polar surface area (TPSA) is 63.3 Å². The van der Waals surface area contributed by atoms with Crippen molar-refractivity contribution in [1.82, 2.24) is 0 Å². The number of rotatable bonds is 1. The normalized spacial score (nSPS) is 9.55. The molecule has 0 radical (unpaired) electrons. The molecule has 0 fully saturated rings. The number of phenols is 1. The van der Waals surface area contributed by atoms with E-state index in [1.165, 1.54) is 18.2 Å². The minimum atomic E-state index is -0.602. The van der Waals surface area contributed by atoms with Crippen LogP contribution in [0.25, 0.3) is 0 Å². The molecular formula is C7H6ClNO2. The molecular weight excluding hydrogens is 166 g/mol. The fraction of sp³-hybridized carbons (Fsp3) is 0. The zero-order valence-electron chi connectivity index (χ0n) is 5.54. The zero-order valence-corrected chi connectivity index (χ0v) is 6.30. The van der Waals surface area contributed by atoms with Crippen molar-refractivity contribution in [3.05, 3.63) is 28.8 Å². The Morgan fingerprint density at radius 2 is 2.18 bits per heavy atom. The third-order valence-electron chi connectivity index (χ3n) is 1.22. The Bertz CT molecular complexity index is 298. The highest BCUT2D eigenvalue weighted by Crippen LogP contribution is 2.20. The van der Waals surface area contributed by atoms with Crippen molar-refractivity contribution >= 4 is 17.5 Å². The summed E-state index contributed by atoms with van der Waals surface area (Å²) in [6, 6.07) is 3.99. The summed E-state index contributed by atoms with van der Waals surface area (Å²) in [6.45, 7) is 0. The molecule has 0 aliphatic heterocycles. The van der Waals surface area contributed by atoms with Gasteiger partial charge in [0.2, 0.25) is 5.91 Å². The molecule has 0 spiro atoms. The van der Waals surface area contributed by atoms with Gasteiger partial charge in [0, 0.05) is 0 Å². The lowest BCUT2D eigenvalue weighted by Gasteiger charge is -1.98. The fourth-order valence-corrected chi connectivity index (χ4v) is 0.972. The van der Waals surface area contributed by atoms with Crippen LogP contribution in [-0.2, 0) is 0 Å². The molecule has 11 heavy (non-hydrogen) atoms. The second-order valence-corrected chi connectivity index (χ2v) is 2.44. The average molecular weight is 172 g/mol. The van der Waals surface area contributed by atoms with E-state index in [4.69, 9.17) is 22.4 Å². The van der Waals surface area contributed by atoms with Crippen molar-refractivity contribution in [1.29, 1.82) is 0 Å². The summed E-state index contributed by atoms with van der Waals surface area (Å²) in [6.07, 6.45) is 0. The van der Waals surface area contributed by atoms with Crippen molar-refractivity contribution < 1.29 is 9.90 Å². The van der Waals surface area contributed by atoms with Gasteiger partial charge in [-0.2, -0.15) is 0 Å². The van der Waals surface area contributed by atoms with Crippen molar-refractivity contribution in [3.63, 3.8) is 0 Å². The van der Waals surface area contributed by atoms with Gasteiger partial charge in [-0.25, -0.2) is 0 Å². The third-order valence-corrected chi connectivity index (χ3v) is 1.53. The molecule has 0 aliphatic carbocycles. The molecule has 1 rings (SSSR count). The van der Waals surface area contributed by atoms with E-state index in [9.17, 15) is 4.79 Å². The lowest BCUT2D eigenvalue weighted by Crippen LogP contribution is -2.11. The number of carbonyl (C=O) groups excluding carboxylic acids is 1. The van der Waals surface area contributed by atoms with Gasteiger partial charge in [-0.15, -0.1) is 0 Å². The highest BCUT2D eigenvalue weighted by Gasteiger charge is 2.05. The molecule has 1 aromatic rings. The smallest absolute Gasteiger partial charge is 0.250 e. The van der Waals surface area contributed by atoms with Gasteiger partial charge in [0.05, 0.1) is 10.6 Å². The van der Waals surface area contributed by atoms with Gasteiger partial charge in [0.1, 0.15) is 5.75 Å². The predicted molar refractivity (Wildman–Crippen MR) is 41.6 cm³/mol. The molecule has 0 bridgehead atoms. The highest BCUT2D eigenvalue weighted by molar-refractivity contribution is 6.33. The number of benzene rings is 1. The molecule has 0 aromatic heterocycles. The maximum atomic E-state index is 10.6. The maximum absolute atomic E-state index is 10.6. The van der Waals surface area contributed by atoms with Gasteiger partial charge in [0.15, 0.2) is 0 Å². The van der Waals surface area contributed by atoms with Crippen molar-refractivity contribution in [2.75, 3.05) is 0 Å². The van der Waals surface area contributed by atoms with Gasteiger partial charge in [-0.3, -0.25) is 4.79 Å². The Hall–Kier alpha value is -1.22. The molecule has 3 nitrogen and oxygen atoms in total. The molecule has 3 N–H and O–H groups in total. The van der Waals surface area contributed by atoms with Crippen LogP contribution < -0.4 is 5.73 Å².